The van der Waals surface area contributed by atoms with Gasteiger partial charge in [-0.25, -0.2) is 0 Å². The van der Waals surface area contributed by atoms with Crippen LogP contribution in [0.5, 0.6) is 5.75 Å². The number of rotatable bonds is 5. The average molecular weight is 338 g/mol. The Morgan fingerprint density at radius 2 is 2.04 bits per heavy atom. The maximum absolute atomic E-state index is 12.9. The first-order chi connectivity index (χ1) is 12.1. The van der Waals surface area contributed by atoms with E-state index < -0.39 is 6.04 Å². The summed E-state index contributed by atoms with van der Waals surface area (Å²) in [5.74, 6) is 0.577. The second kappa shape index (κ2) is 7.38. The third-order valence-electron chi connectivity index (χ3n) is 4.51. The van der Waals surface area contributed by atoms with Crippen LogP contribution in [0.15, 0.2) is 48.5 Å². The van der Waals surface area contributed by atoms with Crippen molar-refractivity contribution < 1.29 is 14.3 Å². The van der Waals surface area contributed by atoms with Crippen LogP contribution in [0.1, 0.15) is 29.7 Å². The van der Waals surface area contributed by atoms with Gasteiger partial charge in [-0.2, -0.15) is 0 Å². The number of fused-ring (bicyclic) bond motifs is 1. The van der Waals surface area contributed by atoms with Crippen molar-refractivity contribution in [3.63, 3.8) is 0 Å². The van der Waals surface area contributed by atoms with Gasteiger partial charge in [0.2, 0.25) is 11.8 Å². The van der Waals surface area contributed by atoms with E-state index in [1.54, 1.807) is 12.0 Å². The van der Waals surface area contributed by atoms with Crippen LogP contribution in [0.3, 0.4) is 0 Å². The van der Waals surface area contributed by atoms with Gasteiger partial charge in [0.25, 0.3) is 0 Å². The number of amides is 2. The van der Waals surface area contributed by atoms with E-state index >= 15 is 0 Å². The Labute approximate surface area is 147 Å². The van der Waals surface area contributed by atoms with Gasteiger partial charge in [-0.15, -0.1) is 0 Å². The Kier molecular flexibility index (Phi) is 5.03. The summed E-state index contributed by atoms with van der Waals surface area (Å²) in [6, 6.07) is 14.6. The molecule has 2 aromatic rings. The number of methoxy groups -OCH3 is 1. The molecule has 130 valence electrons. The van der Waals surface area contributed by atoms with Crippen LogP contribution in [0.2, 0.25) is 0 Å². The van der Waals surface area contributed by atoms with Crippen LogP contribution in [0.4, 0.5) is 0 Å². The minimum Gasteiger partial charge on any atom is -0.497 e. The molecule has 1 heterocycles. The molecule has 5 heteroatoms. The van der Waals surface area contributed by atoms with Gasteiger partial charge in [0.05, 0.1) is 13.5 Å². The van der Waals surface area contributed by atoms with Crippen molar-refractivity contribution >= 4 is 11.8 Å². The van der Waals surface area contributed by atoms with Crippen LogP contribution in [0.25, 0.3) is 0 Å². The maximum atomic E-state index is 12.9. The maximum Gasteiger partial charge on any atom is 0.247 e. The summed E-state index contributed by atoms with van der Waals surface area (Å²) in [6.45, 7) is 2.79. The van der Waals surface area contributed by atoms with Crippen LogP contribution >= 0.6 is 0 Å². The summed E-state index contributed by atoms with van der Waals surface area (Å²) in [5, 5.41) is 2.96. The highest BCUT2D eigenvalue weighted by atomic mass is 16.5. The lowest BCUT2D eigenvalue weighted by molar-refractivity contribution is -0.141. The quantitative estimate of drug-likeness (QED) is 0.911. The van der Waals surface area contributed by atoms with Gasteiger partial charge < -0.3 is 15.0 Å². The van der Waals surface area contributed by atoms with Crippen molar-refractivity contribution in [2.24, 2.45) is 0 Å². The minimum absolute atomic E-state index is 0.0114. The largest absolute Gasteiger partial charge is 0.497 e. The number of benzene rings is 2. The van der Waals surface area contributed by atoms with Gasteiger partial charge >= 0.3 is 0 Å². The van der Waals surface area contributed by atoms with E-state index in [4.69, 9.17) is 4.74 Å². The molecule has 1 atom stereocenters. The van der Waals surface area contributed by atoms with Crippen molar-refractivity contribution in [1.82, 2.24) is 10.2 Å². The van der Waals surface area contributed by atoms with E-state index in [0.29, 0.717) is 19.5 Å². The van der Waals surface area contributed by atoms with Crippen molar-refractivity contribution in [1.29, 1.82) is 0 Å². The highest BCUT2D eigenvalue weighted by molar-refractivity contribution is 5.92. The van der Waals surface area contributed by atoms with Crippen molar-refractivity contribution in [3.8, 4) is 5.75 Å². The molecule has 0 radical (unpaired) electrons. The topological polar surface area (TPSA) is 58.6 Å². The first kappa shape index (κ1) is 17.0. The monoisotopic (exact) mass is 338 g/mol. The molecule has 25 heavy (non-hydrogen) atoms. The lowest BCUT2D eigenvalue weighted by atomic mass is 9.91. The lowest BCUT2D eigenvalue weighted by Crippen LogP contribution is -2.47. The number of ether oxygens (including phenoxy) is 1. The molecule has 1 unspecified atom stereocenters. The Balaban J connectivity index is 1.80. The molecule has 0 saturated carbocycles. The van der Waals surface area contributed by atoms with Gasteiger partial charge in [0.1, 0.15) is 11.8 Å². The summed E-state index contributed by atoms with van der Waals surface area (Å²) in [7, 11) is 1.61. The predicted octanol–water partition coefficient (Wildman–Crippen LogP) is 2.46. The number of nitrogens with zero attached hydrogens (tertiary/aromatic N) is 1. The zero-order valence-electron chi connectivity index (χ0n) is 14.5. The van der Waals surface area contributed by atoms with Gasteiger partial charge in [0.15, 0.2) is 0 Å². The lowest BCUT2D eigenvalue weighted by Gasteiger charge is -2.35. The average Bonchev–Trinajstić information content (AvgIpc) is 2.65. The van der Waals surface area contributed by atoms with Gasteiger partial charge in [-0.05, 0) is 35.7 Å². The van der Waals surface area contributed by atoms with E-state index in [1.807, 2.05) is 55.5 Å². The summed E-state index contributed by atoms with van der Waals surface area (Å²) >= 11 is 0. The number of nitrogens with one attached hydrogen (secondary N) is 1. The van der Waals surface area contributed by atoms with E-state index in [2.05, 4.69) is 5.32 Å². The molecule has 2 amide bonds. The molecule has 2 aromatic carbocycles. The molecular formula is C20H22N2O3. The van der Waals surface area contributed by atoms with Crippen LogP contribution in [-0.2, 0) is 22.6 Å². The van der Waals surface area contributed by atoms with Crippen LogP contribution in [0, 0.1) is 0 Å². The number of carbonyl (C=O) groups excluding carboxylic acids is 2. The number of hydrogen-bond donors (Lipinski definition) is 1. The molecule has 5 nitrogen and oxygen atoms in total. The summed E-state index contributed by atoms with van der Waals surface area (Å²) in [6.07, 6.45) is 0.351. The standard InChI is InChI=1S/C20H22N2O3/c1-3-22-18(23)12-15-8-4-5-10-17(15)19(22)20(24)21-13-14-7-6-9-16(11-14)25-2/h4-11,19H,3,12-13H2,1-2H3,(H,21,24). The van der Waals surface area contributed by atoms with Crippen molar-refractivity contribution in [2.45, 2.75) is 25.9 Å². The van der Waals surface area contributed by atoms with Gasteiger partial charge in [-0.3, -0.25) is 9.59 Å². The molecule has 1 aliphatic rings. The fourth-order valence-corrected chi connectivity index (χ4v) is 3.25. The SMILES string of the molecule is CCN1C(=O)Cc2ccccc2C1C(=O)NCc1cccc(OC)c1. The zero-order chi connectivity index (χ0) is 17.8. The Morgan fingerprint density at radius 1 is 1.24 bits per heavy atom. The fraction of sp³-hybridized carbons (Fsp3) is 0.300. The van der Waals surface area contributed by atoms with Gasteiger partial charge in [-0.1, -0.05) is 36.4 Å². The fourth-order valence-electron chi connectivity index (χ4n) is 3.25. The smallest absolute Gasteiger partial charge is 0.247 e. The molecule has 0 saturated heterocycles. The van der Waals surface area contributed by atoms with E-state index in [0.717, 1.165) is 22.4 Å². The van der Waals surface area contributed by atoms with Gasteiger partial charge in [0, 0.05) is 13.1 Å². The molecule has 3 rings (SSSR count). The third kappa shape index (κ3) is 3.50. The van der Waals surface area contributed by atoms with Crippen LogP contribution in [-0.4, -0.2) is 30.4 Å². The summed E-state index contributed by atoms with van der Waals surface area (Å²) in [4.78, 5) is 26.9. The Hall–Kier alpha value is -2.82. The number of hydrogen-bond acceptors (Lipinski definition) is 3. The zero-order valence-corrected chi connectivity index (χ0v) is 14.5. The molecule has 0 fully saturated rings. The molecule has 0 aliphatic carbocycles. The molecule has 1 aliphatic heterocycles. The molecule has 0 spiro atoms. The van der Waals surface area contributed by atoms with Crippen molar-refractivity contribution in [3.05, 3.63) is 65.2 Å². The number of carbonyl (C=O) groups is 2. The first-order valence-electron chi connectivity index (χ1n) is 8.42. The number of likely N-dealkylation sites (N-methyl/N-ethyl adjacent to an activating group) is 1. The second-order valence-corrected chi connectivity index (χ2v) is 6.03. The second-order valence-electron chi connectivity index (χ2n) is 6.03. The highest BCUT2D eigenvalue weighted by Gasteiger charge is 2.35. The Morgan fingerprint density at radius 3 is 2.80 bits per heavy atom. The normalized spacial score (nSPS) is 16.3. The Bertz CT molecular complexity index is 788. The molecule has 0 aromatic heterocycles. The summed E-state index contributed by atoms with van der Waals surface area (Å²) < 4.78 is 5.21. The molecular weight excluding hydrogens is 316 g/mol. The van der Waals surface area contributed by atoms with E-state index in [-0.39, 0.29) is 11.8 Å². The molecule has 0 bridgehead atoms. The van der Waals surface area contributed by atoms with Crippen LogP contribution < -0.4 is 10.1 Å². The first-order valence-corrected chi connectivity index (χ1v) is 8.42. The molecule has 1 N–H and O–H groups in total. The van der Waals surface area contributed by atoms with E-state index in [9.17, 15) is 9.59 Å². The highest BCUT2D eigenvalue weighted by Crippen LogP contribution is 2.30. The minimum atomic E-state index is -0.576. The van der Waals surface area contributed by atoms with Crippen molar-refractivity contribution in [2.75, 3.05) is 13.7 Å². The summed E-state index contributed by atoms with van der Waals surface area (Å²) in [5.41, 5.74) is 2.79. The predicted molar refractivity (Wildman–Crippen MR) is 95.1 cm³/mol. The third-order valence-corrected chi connectivity index (χ3v) is 4.51. The van der Waals surface area contributed by atoms with E-state index in [1.165, 1.54) is 0 Å².